The van der Waals surface area contributed by atoms with Crippen LogP contribution in [-0.4, -0.2) is 10.2 Å². The van der Waals surface area contributed by atoms with Crippen molar-refractivity contribution in [2.45, 2.75) is 13.3 Å². The van der Waals surface area contributed by atoms with E-state index in [4.69, 9.17) is 5.73 Å². The zero-order valence-electron chi connectivity index (χ0n) is 8.12. The number of hydrogen-bond acceptors (Lipinski definition) is 2. The van der Waals surface area contributed by atoms with Gasteiger partial charge in [-0.25, -0.2) is 0 Å². The number of hydrogen-bond donors (Lipinski definition) is 2. The number of anilines is 1. The van der Waals surface area contributed by atoms with Crippen LogP contribution in [0, 0.1) is 6.92 Å². The number of nitrogens with zero attached hydrogens (tertiary/aromatic N) is 1. The maximum atomic E-state index is 5.54. The van der Waals surface area contributed by atoms with Gasteiger partial charge in [0.15, 0.2) is 0 Å². The maximum Gasteiger partial charge on any atom is 0.119 e. The summed E-state index contributed by atoms with van der Waals surface area (Å²) in [5.74, 6) is 0.618. The molecule has 1 heterocycles. The zero-order valence-corrected chi connectivity index (χ0v) is 8.12. The molecule has 2 rings (SSSR count). The topological polar surface area (TPSA) is 54.7 Å². The number of benzene rings is 1. The maximum absolute atomic E-state index is 5.54. The lowest BCUT2D eigenvalue weighted by molar-refractivity contribution is 0.998. The lowest BCUT2D eigenvalue weighted by Gasteiger charge is -1.98. The summed E-state index contributed by atoms with van der Waals surface area (Å²) in [5.41, 5.74) is 9.05. The number of H-pyrrole nitrogens is 1. The quantitative estimate of drug-likeness (QED) is 0.754. The first-order valence-corrected chi connectivity index (χ1v) is 4.59. The van der Waals surface area contributed by atoms with Gasteiger partial charge < -0.3 is 5.73 Å². The van der Waals surface area contributed by atoms with Gasteiger partial charge in [-0.2, -0.15) is 5.10 Å². The summed E-state index contributed by atoms with van der Waals surface area (Å²) in [7, 11) is 0. The molecule has 3 nitrogen and oxygen atoms in total. The summed E-state index contributed by atoms with van der Waals surface area (Å²) in [6.45, 7) is 2.09. The van der Waals surface area contributed by atoms with E-state index in [0.717, 1.165) is 12.1 Å². The molecule has 0 aliphatic heterocycles. The molecule has 0 amide bonds. The van der Waals surface area contributed by atoms with E-state index in [-0.39, 0.29) is 0 Å². The number of aromatic nitrogens is 2. The Morgan fingerprint density at radius 2 is 2.21 bits per heavy atom. The van der Waals surface area contributed by atoms with E-state index in [9.17, 15) is 0 Å². The molecule has 3 heteroatoms. The fourth-order valence-electron chi connectivity index (χ4n) is 1.50. The highest BCUT2D eigenvalue weighted by Crippen LogP contribution is 2.10. The van der Waals surface area contributed by atoms with Crippen LogP contribution in [0.15, 0.2) is 30.3 Å². The molecule has 2 aromatic rings. The Morgan fingerprint density at radius 3 is 2.86 bits per heavy atom. The van der Waals surface area contributed by atoms with Gasteiger partial charge in [0, 0.05) is 12.5 Å². The van der Waals surface area contributed by atoms with Gasteiger partial charge in [-0.05, 0) is 12.5 Å². The highest BCUT2D eigenvalue weighted by Gasteiger charge is 1.99. The molecular weight excluding hydrogens is 174 g/mol. The average Bonchev–Trinajstić information content (AvgIpc) is 2.51. The minimum absolute atomic E-state index is 0.618. The minimum Gasteiger partial charge on any atom is -0.384 e. The molecule has 0 aliphatic carbocycles. The van der Waals surface area contributed by atoms with Gasteiger partial charge in [-0.3, -0.25) is 5.10 Å². The average molecular weight is 187 g/mol. The first-order valence-electron chi connectivity index (χ1n) is 4.59. The lowest BCUT2D eigenvalue weighted by Crippen LogP contribution is -1.88. The molecule has 72 valence electrons. The van der Waals surface area contributed by atoms with Crippen molar-refractivity contribution in [1.82, 2.24) is 10.2 Å². The van der Waals surface area contributed by atoms with E-state index < -0.39 is 0 Å². The van der Waals surface area contributed by atoms with Gasteiger partial charge in [0.2, 0.25) is 0 Å². The number of aryl methyl sites for hydroxylation is 1. The van der Waals surface area contributed by atoms with Gasteiger partial charge in [-0.1, -0.05) is 29.8 Å². The SMILES string of the molecule is Cc1cccc(Cc2cc(N)[nH]n2)c1. The molecule has 1 aromatic heterocycles. The first kappa shape index (κ1) is 8.81. The third-order valence-corrected chi connectivity index (χ3v) is 2.12. The van der Waals surface area contributed by atoms with E-state index in [1.807, 2.05) is 6.07 Å². The lowest BCUT2D eigenvalue weighted by atomic mass is 10.1. The number of nitrogens with one attached hydrogen (secondary N) is 1. The Morgan fingerprint density at radius 1 is 1.36 bits per heavy atom. The molecule has 0 bridgehead atoms. The summed E-state index contributed by atoms with van der Waals surface area (Å²) < 4.78 is 0. The third kappa shape index (κ3) is 1.93. The molecule has 0 atom stereocenters. The molecule has 3 N–H and O–H groups in total. The fraction of sp³-hybridized carbons (Fsp3) is 0.182. The summed E-state index contributed by atoms with van der Waals surface area (Å²) in [6.07, 6.45) is 0.829. The van der Waals surface area contributed by atoms with Crippen molar-refractivity contribution in [3.63, 3.8) is 0 Å². The molecule has 14 heavy (non-hydrogen) atoms. The molecule has 0 spiro atoms. The van der Waals surface area contributed by atoms with E-state index in [1.165, 1.54) is 11.1 Å². The van der Waals surface area contributed by atoms with Crippen LogP contribution in [0.3, 0.4) is 0 Å². The second-order valence-corrected chi connectivity index (χ2v) is 3.48. The van der Waals surface area contributed by atoms with Crippen molar-refractivity contribution in [2.75, 3.05) is 5.73 Å². The molecule has 1 aromatic carbocycles. The van der Waals surface area contributed by atoms with Crippen LogP contribution in [0.2, 0.25) is 0 Å². The normalized spacial score (nSPS) is 10.4. The summed E-state index contributed by atoms with van der Waals surface area (Å²) in [4.78, 5) is 0. The summed E-state index contributed by atoms with van der Waals surface area (Å²) in [6, 6.07) is 10.3. The molecule has 0 unspecified atom stereocenters. The van der Waals surface area contributed by atoms with Gasteiger partial charge in [-0.15, -0.1) is 0 Å². The number of nitrogen functional groups attached to an aromatic ring is 1. The van der Waals surface area contributed by atoms with E-state index in [0.29, 0.717) is 5.82 Å². The van der Waals surface area contributed by atoms with Crippen molar-refractivity contribution in [3.8, 4) is 0 Å². The smallest absolute Gasteiger partial charge is 0.119 e. The van der Waals surface area contributed by atoms with Gasteiger partial charge >= 0.3 is 0 Å². The van der Waals surface area contributed by atoms with Crippen LogP contribution in [-0.2, 0) is 6.42 Å². The predicted octanol–water partition coefficient (Wildman–Crippen LogP) is 1.89. The molecular formula is C11H13N3. The van der Waals surface area contributed by atoms with Gasteiger partial charge in [0.25, 0.3) is 0 Å². The molecule has 0 saturated carbocycles. The van der Waals surface area contributed by atoms with E-state index in [1.54, 1.807) is 0 Å². The largest absolute Gasteiger partial charge is 0.384 e. The Labute approximate surface area is 83.0 Å². The van der Waals surface area contributed by atoms with Crippen molar-refractivity contribution in [1.29, 1.82) is 0 Å². The van der Waals surface area contributed by atoms with E-state index in [2.05, 4.69) is 41.4 Å². The van der Waals surface area contributed by atoms with Crippen LogP contribution in [0.4, 0.5) is 5.82 Å². The number of aromatic amines is 1. The Kier molecular flexibility index (Phi) is 2.23. The predicted molar refractivity (Wildman–Crippen MR) is 57.0 cm³/mol. The highest BCUT2D eigenvalue weighted by molar-refractivity contribution is 5.32. The summed E-state index contributed by atoms with van der Waals surface area (Å²) >= 11 is 0. The number of nitrogens with two attached hydrogens (primary N) is 1. The standard InChI is InChI=1S/C11H13N3/c1-8-3-2-4-9(5-8)6-10-7-11(12)14-13-10/h2-5,7H,6H2,1H3,(H3,12,13,14). The van der Waals surface area contributed by atoms with Crippen LogP contribution >= 0.6 is 0 Å². The molecule has 0 saturated heterocycles. The monoisotopic (exact) mass is 187 g/mol. The Balaban J connectivity index is 2.18. The Bertz CT molecular complexity index is 432. The van der Waals surface area contributed by atoms with Crippen LogP contribution in [0.1, 0.15) is 16.8 Å². The third-order valence-electron chi connectivity index (χ3n) is 2.12. The first-order chi connectivity index (χ1) is 6.74. The van der Waals surface area contributed by atoms with Crippen molar-refractivity contribution in [3.05, 3.63) is 47.2 Å². The molecule has 0 fully saturated rings. The van der Waals surface area contributed by atoms with Gasteiger partial charge in [0.05, 0.1) is 5.69 Å². The van der Waals surface area contributed by atoms with Crippen molar-refractivity contribution >= 4 is 5.82 Å². The summed E-state index contributed by atoms with van der Waals surface area (Å²) in [5, 5.41) is 6.82. The van der Waals surface area contributed by atoms with Crippen molar-refractivity contribution < 1.29 is 0 Å². The fourth-order valence-corrected chi connectivity index (χ4v) is 1.50. The van der Waals surface area contributed by atoms with Crippen LogP contribution in [0.25, 0.3) is 0 Å². The van der Waals surface area contributed by atoms with Crippen molar-refractivity contribution in [2.24, 2.45) is 0 Å². The Hall–Kier alpha value is -1.77. The van der Waals surface area contributed by atoms with Crippen LogP contribution in [0.5, 0.6) is 0 Å². The van der Waals surface area contributed by atoms with E-state index >= 15 is 0 Å². The molecule has 0 aliphatic rings. The number of rotatable bonds is 2. The van der Waals surface area contributed by atoms with Gasteiger partial charge in [0.1, 0.15) is 5.82 Å². The second-order valence-electron chi connectivity index (χ2n) is 3.48. The molecule has 0 radical (unpaired) electrons. The second kappa shape index (κ2) is 3.54. The zero-order chi connectivity index (χ0) is 9.97. The highest BCUT2D eigenvalue weighted by atomic mass is 15.1. The minimum atomic E-state index is 0.618. The van der Waals surface area contributed by atoms with Crippen LogP contribution < -0.4 is 5.73 Å².